The van der Waals surface area contributed by atoms with Crippen LogP contribution in [0.4, 0.5) is 0 Å². The van der Waals surface area contributed by atoms with Gasteiger partial charge in [-0.05, 0) is 36.8 Å². The molecule has 14 heavy (non-hydrogen) atoms. The number of benzene rings is 1. The minimum atomic E-state index is 0. The second-order valence-electron chi connectivity index (χ2n) is 3.80. The lowest BCUT2D eigenvalue weighted by Crippen LogP contribution is -2.08. The molecule has 1 aliphatic heterocycles. The van der Waals surface area contributed by atoms with Gasteiger partial charge in [-0.3, -0.25) is 0 Å². The number of halogens is 1. The molecule has 0 spiro atoms. The molecule has 1 aromatic carbocycles. The van der Waals surface area contributed by atoms with Gasteiger partial charge in [0, 0.05) is 17.8 Å². The first kappa shape index (κ1) is 9.60. The second-order valence-corrected chi connectivity index (χ2v) is 3.80. The molecule has 2 heteroatoms. The van der Waals surface area contributed by atoms with Crippen molar-refractivity contribution in [1.29, 1.82) is 0 Å². The summed E-state index contributed by atoms with van der Waals surface area (Å²) in [4.78, 5) is 0. The molecule has 0 aliphatic carbocycles. The maximum absolute atomic E-state index is 2.47. The molecule has 2 aromatic rings. The highest BCUT2D eigenvalue weighted by Gasteiger charge is 2.11. The summed E-state index contributed by atoms with van der Waals surface area (Å²) in [5, 5.41) is 1.40. The number of para-hydroxylation sites is 1. The Bertz CT molecular complexity index is 445. The highest BCUT2D eigenvalue weighted by atomic mass is 35.5. The van der Waals surface area contributed by atoms with E-state index in [0.717, 1.165) is 0 Å². The molecular formula is C12H14ClN. The van der Waals surface area contributed by atoms with Crippen molar-refractivity contribution in [3.8, 4) is 0 Å². The summed E-state index contributed by atoms with van der Waals surface area (Å²) >= 11 is 0. The van der Waals surface area contributed by atoms with Crippen LogP contribution in [-0.2, 0) is 13.0 Å². The zero-order chi connectivity index (χ0) is 8.67. The Kier molecular flexibility index (Phi) is 2.51. The highest BCUT2D eigenvalue weighted by molar-refractivity contribution is 5.85. The largest absolute Gasteiger partial charge is 0.345 e. The van der Waals surface area contributed by atoms with Gasteiger partial charge in [0.2, 0.25) is 0 Å². The second kappa shape index (κ2) is 3.66. The molecule has 1 aromatic heterocycles. The lowest BCUT2D eigenvalue weighted by molar-refractivity contribution is 0.545. The van der Waals surface area contributed by atoms with Crippen LogP contribution in [0, 0.1) is 0 Å². The third kappa shape index (κ3) is 1.32. The Morgan fingerprint density at radius 1 is 1.07 bits per heavy atom. The van der Waals surface area contributed by atoms with Crippen LogP contribution in [0.1, 0.15) is 18.5 Å². The van der Waals surface area contributed by atoms with E-state index >= 15 is 0 Å². The van der Waals surface area contributed by atoms with Gasteiger partial charge >= 0.3 is 0 Å². The molecule has 1 aliphatic rings. The Morgan fingerprint density at radius 2 is 1.93 bits per heavy atom. The van der Waals surface area contributed by atoms with Crippen LogP contribution < -0.4 is 0 Å². The molecule has 0 unspecified atom stereocenters. The van der Waals surface area contributed by atoms with E-state index in [1.165, 1.54) is 42.4 Å². The molecule has 0 atom stereocenters. The van der Waals surface area contributed by atoms with Crippen LogP contribution in [-0.4, -0.2) is 4.57 Å². The predicted octanol–water partition coefficient (Wildman–Crippen LogP) is 3.40. The van der Waals surface area contributed by atoms with Gasteiger partial charge in [-0.25, -0.2) is 0 Å². The fourth-order valence-corrected chi connectivity index (χ4v) is 2.31. The minimum Gasteiger partial charge on any atom is -0.345 e. The highest BCUT2D eigenvalue weighted by Crippen LogP contribution is 2.24. The number of aryl methyl sites for hydroxylation is 2. The molecule has 0 radical (unpaired) electrons. The van der Waals surface area contributed by atoms with E-state index in [1.54, 1.807) is 0 Å². The fourth-order valence-electron chi connectivity index (χ4n) is 2.31. The van der Waals surface area contributed by atoms with Gasteiger partial charge in [-0.1, -0.05) is 18.2 Å². The normalized spacial score (nSPS) is 14.9. The van der Waals surface area contributed by atoms with E-state index in [0.29, 0.717) is 0 Å². The Hall–Kier alpha value is -0.950. The molecule has 2 heterocycles. The van der Waals surface area contributed by atoms with Gasteiger partial charge in [0.25, 0.3) is 0 Å². The van der Waals surface area contributed by atoms with E-state index in [-0.39, 0.29) is 12.4 Å². The van der Waals surface area contributed by atoms with Crippen molar-refractivity contribution in [3.63, 3.8) is 0 Å². The van der Waals surface area contributed by atoms with Crippen LogP contribution in [0.3, 0.4) is 0 Å². The average molecular weight is 208 g/mol. The average Bonchev–Trinajstić information content (AvgIpc) is 2.56. The molecule has 0 saturated heterocycles. The van der Waals surface area contributed by atoms with Crippen molar-refractivity contribution in [1.82, 2.24) is 4.57 Å². The first-order chi connectivity index (χ1) is 6.45. The van der Waals surface area contributed by atoms with Gasteiger partial charge < -0.3 is 4.57 Å². The minimum absolute atomic E-state index is 0. The molecule has 3 rings (SSSR count). The van der Waals surface area contributed by atoms with Crippen molar-refractivity contribution < 1.29 is 0 Å². The summed E-state index contributed by atoms with van der Waals surface area (Å²) in [6.07, 6.45) is 3.96. The Morgan fingerprint density at radius 3 is 2.86 bits per heavy atom. The maximum atomic E-state index is 2.47. The molecule has 1 nitrogen and oxygen atoms in total. The zero-order valence-electron chi connectivity index (χ0n) is 8.07. The Labute approximate surface area is 90.1 Å². The number of rotatable bonds is 0. The van der Waals surface area contributed by atoms with Crippen LogP contribution >= 0.6 is 12.4 Å². The first-order valence-electron chi connectivity index (χ1n) is 5.02. The number of hydrogen-bond acceptors (Lipinski definition) is 0. The van der Waals surface area contributed by atoms with Crippen LogP contribution in [0.5, 0.6) is 0 Å². The van der Waals surface area contributed by atoms with Gasteiger partial charge in [0.15, 0.2) is 0 Å². The zero-order valence-corrected chi connectivity index (χ0v) is 8.89. The summed E-state index contributed by atoms with van der Waals surface area (Å²) in [5.74, 6) is 0. The fraction of sp³-hybridized carbons (Fsp3) is 0.333. The molecule has 0 saturated carbocycles. The smallest absolute Gasteiger partial charge is 0.0482 e. The van der Waals surface area contributed by atoms with Crippen LogP contribution in [0.15, 0.2) is 30.3 Å². The number of hydrogen-bond donors (Lipinski definition) is 0. The molecule has 0 N–H and O–H groups in total. The van der Waals surface area contributed by atoms with E-state index < -0.39 is 0 Å². The van der Waals surface area contributed by atoms with Gasteiger partial charge in [0.1, 0.15) is 0 Å². The van der Waals surface area contributed by atoms with E-state index in [4.69, 9.17) is 0 Å². The van der Waals surface area contributed by atoms with Gasteiger partial charge in [-0.15, -0.1) is 12.4 Å². The molecule has 74 valence electrons. The standard InChI is InChI=1S/C12H13N.ClH/c1-2-7-12-10(5-1)9-11-6-3-4-8-13(11)12;/h1-2,5,7,9H,3-4,6,8H2;1H. The predicted molar refractivity (Wildman–Crippen MR) is 62.1 cm³/mol. The monoisotopic (exact) mass is 207 g/mol. The molecule has 0 fully saturated rings. The summed E-state index contributed by atoms with van der Waals surface area (Å²) < 4.78 is 2.47. The third-order valence-electron chi connectivity index (χ3n) is 2.96. The van der Waals surface area contributed by atoms with Crippen LogP contribution in [0.25, 0.3) is 10.9 Å². The summed E-state index contributed by atoms with van der Waals surface area (Å²) in [6.45, 7) is 1.21. The maximum Gasteiger partial charge on any atom is 0.0482 e. The van der Waals surface area contributed by atoms with E-state index in [1.807, 2.05) is 0 Å². The number of aromatic nitrogens is 1. The summed E-state index contributed by atoms with van der Waals surface area (Å²) in [5.41, 5.74) is 2.93. The van der Waals surface area contributed by atoms with E-state index in [2.05, 4.69) is 34.9 Å². The van der Waals surface area contributed by atoms with Crippen molar-refractivity contribution in [3.05, 3.63) is 36.0 Å². The quantitative estimate of drug-likeness (QED) is 0.624. The van der Waals surface area contributed by atoms with Gasteiger partial charge in [-0.2, -0.15) is 0 Å². The number of fused-ring (bicyclic) bond motifs is 3. The van der Waals surface area contributed by atoms with Crippen molar-refractivity contribution in [2.24, 2.45) is 0 Å². The Balaban J connectivity index is 0.000000750. The summed E-state index contributed by atoms with van der Waals surface area (Å²) in [6, 6.07) is 11.0. The van der Waals surface area contributed by atoms with Crippen LogP contribution in [0.2, 0.25) is 0 Å². The molecule has 0 bridgehead atoms. The SMILES string of the molecule is Cl.c1ccc2c(c1)cc1n2CCCC1. The topological polar surface area (TPSA) is 4.93 Å². The molecule has 0 amide bonds. The lowest BCUT2D eigenvalue weighted by atomic mass is 10.1. The third-order valence-corrected chi connectivity index (χ3v) is 2.96. The lowest BCUT2D eigenvalue weighted by Gasteiger charge is -2.15. The first-order valence-corrected chi connectivity index (χ1v) is 5.02. The van der Waals surface area contributed by atoms with Crippen molar-refractivity contribution >= 4 is 23.3 Å². The van der Waals surface area contributed by atoms with Gasteiger partial charge in [0.05, 0.1) is 0 Å². The van der Waals surface area contributed by atoms with Crippen molar-refractivity contribution in [2.75, 3.05) is 0 Å². The van der Waals surface area contributed by atoms with Crippen molar-refractivity contribution in [2.45, 2.75) is 25.8 Å². The molecular weight excluding hydrogens is 194 g/mol. The summed E-state index contributed by atoms with van der Waals surface area (Å²) in [7, 11) is 0. The number of nitrogens with zero attached hydrogens (tertiary/aromatic N) is 1. The van der Waals surface area contributed by atoms with E-state index in [9.17, 15) is 0 Å².